The first-order chi connectivity index (χ1) is 14.2. The molecule has 0 unspecified atom stereocenters. The van der Waals surface area contributed by atoms with Gasteiger partial charge in [0.05, 0.1) is 23.2 Å². The number of ketones is 1. The topological polar surface area (TPSA) is 129 Å². The standard InChI is InChI=1S/C19H18Cl2N4O5/c1-9-3-4-10-11(20)7-12(21)16(15(10)23-9)30-8-13(26)14-17(22)25(5-6-29-2)19(28)24-18(14)27/h3-4,7H,5-6,8,22H2,1-2H3,(H,24,27,28). The van der Waals surface area contributed by atoms with Gasteiger partial charge >= 0.3 is 5.69 Å². The maximum Gasteiger partial charge on any atom is 0.330 e. The maximum absolute atomic E-state index is 12.7. The second-order valence-corrected chi connectivity index (χ2v) is 7.21. The number of rotatable bonds is 7. The van der Waals surface area contributed by atoms with E-state index in [4.69, 9.17) is 38.4 Å². The van der Waals surface area contributed by atoms with Crippen molar-refractivity contribution in [3.05, 3.63) is 60.3 Å². The van der Waals surface area contributed by atoms with Crippen molar-refractivity contribution in [2.45, 2.75) is 13.5 Å². The number of nitrogens with two attached hydrogens (primary N) is 1. The summed E-state index contributed by atoms with van der Waals surface area (Å²) in [4.78, 5) is 43.3. The molecule has 0 aliphatic carbocycles. The minimum absolute atomic E-state index is 0.0654. The van der Waals surface area contributed by atoms with Gasteiger partial charge in [0.1, 0.15) is 16.9 Å². The zero-order valence-electron chi connectivity index (χ0n) is 16.1. The fourth-order valence-electron chi connectivity index (χ4n) is 2.90. The second-order valence-electron chi connectivity index (χ2n) is 6.39. The highest BCUT2D eigenvalue weighted by Crippen LogP contribution is 2.37. The molecular weight excluding hydrogens is 435 g/mol. The highest BCUT2D eigenvalue weighted by atomic mass is 35.5. The Morgan fingerprint density at radius 2 is 2.00 bits per heavy atom. The van der Waals surface area contributed by atoms with Crippen LogP contribution in [0.1, 0.15) is 16.1 Å². The summed E-state index contributed by atoms with van der Waals surface area (Å²) in [7, 11) is 1.45. The first-order valence-corrected chi connectivity index (χ1v) is 9.53. The van der Waals surface area contributed by atoms with Gasteiger partial charge in [-0.25, -0.2) is 9.78 Å². The molecule has 0 saturated heterocycles. The van der Waals surface area contributed by atoms with Crippen molar-refractivity contribution in [3.63, 3.8) is 0 Å². The molecule has 0 spiro atoms. The monoisotopic (exact) mass is 452 g/mol. The molecule has 3 rings (SSSR count). The summed E-state index contributed by atoms with van der Waals surface area (Å²) >= 11 is 12.5. The van der Waals surface area contributed by atoms with E-state index >= 15 is 0 Å². The smallest absolute Gasteiger partial charge is 0.330 e. The zero-order chi connectivity index (χ0) is 22.0. The van der Waals surface area contributed by atoms with E-state index < -0.39 is 23.6 Å². The van der Waals surface area contributed by atoms with Crippen LogP contribution in [0.15, 0.2) is 27.8 Å². The fourth-order valence-corrected chi connectivity index (χ4v) is 3.47. The summed E-state index contributed by atoms with van der Waals surface area (Å²) in [5.41, 5.74) is 4.97. The first kappa shape index (κ1) is 21.8. The number of nitrogens with zero attached hydrogens (tertiary/aromatic N) is 2. The highest BCUT2D eigenvalue weighted by Gasteiger charge is 2.21. The molecule has 0 bridgehead atoms. The van der Waals surface area contributed by atoms with E-state index in [0.717, 1.165) is 4.57 Å². The molecule has 9 nitrogen and oxygen atoms in total. The fraction of sp³-hybridized carbons (Fsp3) is 0.263. The molecule has 3 N–H and O–H groups in total. The number of hydrogen-bond donors (Lipinski definition) is 2. The van der Waals surface area contributed by atoms with Crippen LogP contribution < -0.4 is 21.7 Å². The molecule has 0 aliphatic rings. The number of hydrogen-bond acceptors (Lipinski definition) is 7. The molecule has 0 saturated carbocycles. The van der Waals surface area contributed by atoms with E-state index in [2.05, 4.69) is 9.97 Å². The Balaban J connectivity index is 1.96. The van der Waals surface area contributed by atoms with E-state index in [1.807, 2.05) is 0 Å². The van der Waals surface area contributed by atoms with Crippen LogP contribution in [0.2, 0.25) is 10.0 Å². The van der Waals surface area contributed by atoms with E-state index in [-0.39, 0.29) is 35.3 Å². The number of carbonyl (C=O) groups excluding carboxylic acids is 1. The molecule has 30 heavy (non-hydrogen) atoms. The normalized spacial score (nSPS) is 11.1. The Morgan fingerprint density at radius 3 is 2.70 bits per heavy atom. The Kier molecular flexibility index (Phi) is 6.45. The number of halogens is 2. The third-order valence-electron chi connectivity index (χ3n) is 4.36. The Labute approximate surface area is 180 Å². The van der Waals surface area contributed by atoms with Crippen molar-refractivity contribution in [2.75, 3.05) is 26.1 Å². The number of carbonyl (C=O) groups is 1. The number of aromatic nitrogens is 3. The number of nitrogen functional groups attached to an aromatic ring is 1. The number of H-pyrrole nitrogens is 1. The summed E-state index contributed by atoms with van der Waals surface area (Å²) in [5, 5.41) is 1.14. The molecular formula is C19H18Cl2N4O5. The van der Waals surface area contributed by atoms with Gasteiger partial charge in [0.2, 0.25) is 5.78 Å². The van der Waals surface area contributed by atoms with Crippen molar-refractivity contribution in [1.82, 2.24) is 14.5 Å². The highest BCUT2D eigenvalue weighted by molar-refractivity contribution is 6.39. The van der Waals surface area contributed by atoms with Crippen molar-refractivity contribution in [3.8, 4) is 5.75 Å². The molecule has 11 heteroatoms. The van der Waals surface area contributed by atoms with E-state index in [9.17, 15) is 14.4 Å². The summed E-state index contributed by atoms with van der Waals surface area (Å²) in [6.07, 6.45) is 0. The number of Topliss-reactive ketones (excluding diaryl/α,β-unsaturated/α-hetero) is 1. The van der Waals surface area contributed by atoms with Gasteiger partial charge < -0.3 is 15.2 Å². The summed E-state index contributed by atoms with van der Waals surface area (Å²) in [5.74, 6) is -0.849. The number of anilines is 1. The number of ether oxygens (including phenoxy) is 2. The third kappa shape index (κ3) is 4.18. The minimum Gasteiger partial charge on any atom is -0.482 e. The number of aryl methyl sites for hydroxylation is 1. The largest absolute Gasteiger partial charge is 0.482 e. The summed E-state index contributed by atoms with van der Waals surface area (Å²) in [6, 6.07) is 5.02. The first-order valence-electron chi connectivity index (χ1n) is 8.77. The molecule has 0 amide bonds. The van der Waals surface area contributed by atoms with E-state index in [1.54, 1.807) is 19.1 Å². The van der Waals surface area contributed by atoms with Gasteiger partial charge in [-0.15, -0.1) is 0 Å². The van der Waals surface area contributed by atoms with Gasteiger partial charge in [-0.3, -0.25) is 19.1 Å². The second kappa shape index (κ2) is 8.86. The maximum atomic E-state index is 12.7. The Morgan fingerprint density at radius 1 is 1.27 bits per heavy atom. The summed E-state index contributed by atoms with van der Waals surface area (Å²) in [6.45, 7) is 1.46. The molecule has 2 aromatic heterocycles. The van der Waals surface area contributed by atoms with Crippen LogP contribution >= 0.6 is 23.2 Å². The van der Waals surface area contributed by atoms with Gasteiger partial charge in [-0.1, -0.05) is 23.2 Å². The number of methoxy groups -OCH3 is 1. The lowest BCUT2D eigenvalue weighted by atomic mass is 10.1. The Bertz CT molecular complexity index is 1250. The van der Waals surface area contributed by atoms with Crippen molar-refractivity contribution in [1.29, 1.82) is 0 Å². The van der Waals surface area contributed by atoms with Gasteiger partial charge in [0.25, 0.3) is 5.56 Å². The van der Waals surface area contributed by atoms with Gasteiger partial charge in [-0.05, 0) is 25.1 Å². The molecule has 3 aromatic rings. The molecule has 0 atom stereocenters. The van der Waals surface area contributed by atoms with Crippen LogP contribution in [-0.2, 0) is 11.3 Å². The predicted molar refractivity (Wildman–Crippen MR) is 114 cm³/mol. The van der Waals surface area contributed by atoms with Gasteiger partial charge in [0.15, 0.2) is 12.4 Å². The molecule has 2 heterocycles. The molecule has 1 aromatic carbocycles. The van der Waals surface area contributed by atoms with Crippen LogP contribution in [0.25, 0.3) is 10.9 Å². The Hall–Kier alpha value is -2.88. The lowest BCUT2D eigenvalue weighted by Crippen LogP contribution is -2.37. The number of fused-ring (bicyclic) bond motifs is 1. The number of benzene rings is 1. The SMILES string of the molecule is COCCn1c(N)c(C(=O)COc2c(Cl)cc(Cl)c3ccc(C)nc23)c(=O)[nH]c1=O. The molecule has 0 aliphatic heterocycles. The lowest BCUT2D eigenvalue weighted by molar-refractivity contribution is 0.0921. The average Bonchev–Trinajstić information content (AvgIpc) is 2.67. The average molecular weight is 453 g/mol. The van der Waals surface area contributed by atoms with E-state index in [0.29, 0.717) is 21.6 Å². The van der Waals surface area contributed by atoms with Crippen molar-refractivity contribution < 1.29 is 14.3 Å². The number of nitrogens with one attached hydrogen (secondary N) is 1. The zero-order valence-corrected chi connectivity index (χ0v) is 17.6. The van der Waals surface area contributed by atoms with E-state index in [1.165, 1.54) is 13.2 Å². The lowest BCUT2D eigenvalue weighted by Gasteiger charge is -2.14. The van der Waals surface area contributed by atoms with Crippen LogP contribution in [-0.4, -0.2) is 40.6 Å². The van der Waals surface area contributed by atoms with Crippen LogP contribution in [0.5, 0.6) is 5.75 Å². The van der Waals surface area contributed by atoms with Crippen molar-refractivity contribution in [2.24, 2.45) is 0 Å². The quantitative estimate of drug-likeness (QED) is 0.525. The minimum atomic E-state index is -0.902. The van der Waals surface area contributed by atoms with Gasteiger partial charge in [-0.2, -0.15) is 0 Å². The molecule has 0 radical (unpaired) electrons. The number of pyridine rings is 1. The number of aromatic amines is 1. The molecule has 158 valence electrons. The predicted octanol–water partition coefficient (Wildman–Crippen LogP) is 2.19. The van der Waals surface area contributed by atoms with Gasteiger partial charge in [0, 0.05) is 18.2 Å². The van der Waals surface area contributed by atoms with Crippen molar-refractivity contribution >= 4 is 45.7 Å². The van der Waals surface area contributed by atoms with Crippen LogP contribution in [0.4, 0.5) is 5.82 Å². The molecule has 0 fully saturated rings. The van der Waals surface area contributed by atoms with Crippen LogP contribution in [0.3, 0.4) is 0 Å². The van der Waals surface area contributed by atoms with Crippen LogP contribution in [0, 0.1) is 6.92 Å². The third-order valence-corrected chi connectivity index (χ3v) is 4.96. The summed E-state index contributed by atoms with van der Waals surface area (Å²) < 4.78 is 11.6.